The number of hydrogen-bond donors (Lipinski definition) is 1. The molecule has 0 unspecified atom stereocenters. The lowest BCUT2D eigenvalue weighted by Gasteiger charge is -2.10. The number of carbonyl (C=O) groups excluding carboxylic acids is 2. The van der Waals surface area contributed by atoms with Crippen LogP contribution in [-0.4, -0.2) is 18.5 Å². The summed E-state index contributed by atoms with van der Waals surface area (Å²) in [5.41, 5.74) is 0.664. The van der Waals surface area contributed by atoms with Crippen LogP contribution in [0.5, 0.6) is 5.75 Å². The maximum absolute atomic E-state index is 14.0. The maximum Gasteiger partial charge on any atom is 0.315 e. The standard InChI is InChI=1S/C18H17F2NO4/c1-2-24-18(23)10-17(22)21-16-8-7-14(9-15(16)20)25-11-12-3-5-13(19)6-4-12/h3-9H,2,10-11H2,1H3,(H,21,22). The molecule has 2 rings (SSSR count). The molecule has 0 saturated heterocycles. The van der Waals surface area contributed by atoms with E-state index in [1.165, 1.54) is 24.3 Å². The summed E-state index contributed by atoms with van der Waals surface area (Å²) in [4.78, 5) is 22.8. The molecule has 0 aromatic heterocycles. The van der Waals surface area contributed by atoms with Gasteiger partial charge in [-0.3, -0.25) is 9.59 Å². The third-order valence-corrected chi connectivity index (χ3v) is 3.14. The Kier molecular flexibility index (Phi) is 6.45. The highest BCUT2D eigenvalue weighted by atomic mass is 19.1. The highest BCUT2D eigenvalue weighted by Crippen LogP contribution is 2.21. The fraction of sp³-hybridized carbons (Fsp3) is 0.222. The molecule has 0 aliphatic carbocycles. The van der Waals surface area contributed by atoms with E-state index < -0.39 is 24.1 Å². The lowest BCUT2D eigenvalue weighted by atomic mass is 10.2. The van der Waals surface area contributed by atoms with Crippen molar-refractivity contribution in [1.29, 1.82) is 0 Å². The van der Waals surface area contributed by atoms with Gasteiger partial charge in [0.1, 0.15) is 30.4 Å². The SMILES string of the molecule is CCOC(=O)CC(=O)Nc1ccc(OCc2ccc(F)cc2)cc1F. The molecule has 132 valence electrons. The van der Waals surface area contributed by atoms with E-state index in [9.17, 15) is 18.4 Å². The topological polar surface area (TPSA) is 64.6 Å². The Hall–Kier alpha value is -2.96. The Labute approximate surface area is 143 Å². The first-order chi connectivity index (χ1) is 12.0. The molecular formula is C18H17F2NO4. The molecule has 0 saturated carbocycles. The summed E-state index contributed by atoms with van der Waals surface area (Å²) in [6, 6.07) is 9.67. The van der Waals surface area contributed by atoms with Crippen LogP contribution in [0.2, 0.25) is 0 Å². The van der Waals surface area contributed by atoms with Crippen molar-refractivity contribution >= 4 is 17.6 Å². The Morgan fingerprint density at radius 1 is 1.08 bits per heavy atom. The maximum atomic E-state index is 14.0. The van der Waals surface area contributed by atoms with Crippen molar-refractivity contribution < 1.29 is 27.8 Å². The van der Waals surface area contributed by atoms with E-state index in [1.807, 2.05) is 0 Å². The zero-order chi connectivity index (χ0) is 18.2. The summed E-state index contributed by atoms with van der Waals surface area (Å²) in [6.07, 6.45) is -0.490. The summed E-state index contributed by atoms with van der Waals surface area (Å²) in [5, 5.41) is 2.29. The molecule has 0 aliphatic rings. The molecule has 0 aliphatic heterocycles. The Balaban J connectivity index is 1.92. The van der Waals surface area contributed by atoms with Gasteiger partial charge in [-0.1, -0.05) is 12.1 Å². The highest BCUT2D eigenvalue weighted by Gasteiger charge is 2.13. The lowest BCUT2D eigenvalue weighted by molar-refractivity contribution is -0.145. The Morgan fingerprint density at radius 3 is 2.44 bits per heavy atom. The predicted octanol–water partition coefficient (Wildman–Crippen LogP) is 3.44. The largest absolute Gasteiger partial charge is 0.489 e. The van der Waals surface area contributed by atoms with Crippen molar-refractivity contribution in [2.75, 3.05) is 11.9 Å². The van der Waals surface area contributed by atoms with Crippen molar-refractivity contribution in [2.45, 2.75) is 20.0 Å². The van der Waals surface area contributed by atoms with Gasteiger partial charge < -0.3 is 14.8 Å². The van der Waals surface area contributed by atoms with Crippen LogP contribution in [0, 0.1) is 11.6 Å². The minimum absolute atomic E-state index is 0.0663. The number of ether oxygens (including phenoxy) is 2. The molecule has 25 heavy (non-hydrogen) atoms. The molecule has 2 aromatic rings. The van der Waals surface area contributed by atoms with Crippen LogP contribution < -0.4 is 10.1 Å². The zero-order valence-corrected chi connectivity index (χ0v) is 13.6. The first-order valence-corrected chi connectivity index (χ1v) is 7.60. The number of rotatable bonds is 7. The predicted molar refractivity (Wildman–Crippen MR) is 87.0 cm³/mol. The number of nitrogens with one attached hydrogen (secondary N) is 1. The third-order valence-electron chi connectivity index (χ3n) is 3.14. The summed E-state index contributed by atoms with van der Waals surface area (Å²) in [7, 11) is 0. The second-order valence-electron chi connectivity index (χ2n) is 5.09. The molecule has 0 atom stereocenters. The number of anilines is 1. The lowest BCUT2D eigenvalue weighted by Crippen LogP contribution is -2.18. The summed E-state index contributed by atoms with van der Waals surface area (Å²) in [6.45, 7) is 1.94. The fourth-order valence-electron chi connectivity index (χ4n) is 1.97. The number of benzene rings is 2. The van der Waals surface area contributed by atoms with Crippen LogP contribution in [0.25, 0.3) is 0 Å². The highest BCUT2D eigenvalue weighted by molar-refractivity contribution is 6.01. The molecule has 0 spiro atoms. The Bertz CT molecular complexity index is 747. The molecule has 2 aromatic carbocycles. The molecule has 1 N–H and O–H groups in total. The van der Waals surface area contributed by atoms with E-state index >= 15 is 0 Å². The van der Waals surface area contributed by atoms with Gasteiger partial charge in [-0.25, -0.2) is 8.78 Å². The molecule has 7 heteroatoms. The Morgan fingerprint density at radius 2 is 1.80 bits per heavy atom. The van der Waals surface area contributed by atoms with Gasteiger partial charge in [-0.15, -0.1) is 0 Å². The van der Waals surface area contributed by atoms with Crippen molar-refractivity contribution in [1.82, 2.24) is 0 Å². The number of hydrogen-bond acceptors (Lipinski definition) is 4. The van der Waals surface area contributed by atoms with Gasteiger partial charge >= 0.3 is 5.97 Å². The first kappa shape index (κ1) is 18.4. The number of esters is 1. The number of amides is 1. The minimum Gasteiger partial charge on any atom is -0.489 e. The van der Waals surface area contributed by atoms with E-state index in [-0.39, 0.29) is 30.5 Å². The monoisotopic (exact) mass is 349 g/mol. The van der Waals surface area contributed by atoms with Crippen molar-refractivity contribution in [3.05, 3.63) is 59.7 Å². The first-order valence-electron chi connectivity index (χ1n) is 7.60. The summed E-state index contributed by atoms with van der Waals surface area (Å²) in [5.74, 6) is -2.14. The van der Waals surface area contributed by atoms with Crippen LogP contribution in [-0.2, 0) is 20.9 Å². The van der Waals surface area contributed by atoms with Crippen LogP contribution in [0.4, 0.5) is 14.5 Å². The quantitative estimate of drug-likeness (QED) is 0.614. The second-order valence-corrected chi connectivity index (χ2v) is 5.09. The molecular weight excluding hydrogens is 332 g/mol. The van der Waals surface area contributed by atoms with E-state index in [0.717, 1.165) is 11.6 Å². The van der Waals surface area contributed by atoms with Crippen molar-refractivity contribution in [3.8, 4) is 5.75 Å². The van der Waals surface area contributed by atoms with Crippen LogP contribution in [0.3, 0.4) is 0 Å². The van der Waals surface area contributed by atoms with Gasteiger partial charge in [0.15, 0.2) is 0 Å². The van der Waals surface area contributed by atoms with E-state index in [1.54, 1.807) is 19.1 Å². The fourth-order valence-corrected chi connectivity index (χ4v) is 1.97. The minimum atomic E-state index is -0.700. The molecule has 0 bridgehead atoms. The van der Waals surface area contributed by atoms with Crippen molar-refractivity contribution in [3.63, 3.8) is 0 Å². The van der Waals surface area contributed by atoms with E-state index in [2.05, 4.69) is 10.1 Å². The average Bonchev–Trinajstić information content (AvgIpc) is 2.56. The van der Waals surface area contributed by atoms with Crippen molar-refractivity contribution in [2.24, 2.45) is 0 Å². The molecule has 5 nitrogen and oxygen atoms in total. The van der Waals surface area contributed by atoms with Gasteiger partial charge in [0, 0.05) is 6.07 Å². The third kappa shape index (κ3) is 5.87. The van der Waals surface area contributed by atoms with Gasteiger partial charge in [-0.05, 0) is 36.8 Å². The van der Waals surface area contributed by atoms with Gasteiger partial charge in [-0.2, -0.15) is 0 Å². The van der Waals surface area contributed by atoms with Crippen LogP contribution in [0.15, 0.2) is 42.5 Å². The molecule has 0 radical (unpaired) electrons. The van der Waals surface area contributed by atoms with E-state index in [0.29, 0.717) is 0 Å². The van der Waals surface area contributed by atoms with Gasteiger partial charge in [0.05, 0.1) is 12.3 Å². The second kappa shape index (κ2) is 8.77. The van der Waals surface area contributed by atoms with Crippen LogP contribution in [0.1, 0.15) is 18.9 Å². The normalized spacial score (nSPS) is 10.2. The number of halogens is 2. The summed E-state index contributed by atoms with van der Waals surface area (Å²) >= 11 is 0. The van der Waals surface area contributed by atoms with E-state index in [4.69, 9.17) is 4.74 Å². The molecule has 0 heterocycles. The average molecular weight is 349 g/mol. The zero-order valence-electron chi connectivity index (χ0n) is 13.6. The number of carbonyl (C=O) groups is 2. The van der Waals surface area contributed by atoms with Gasteiger partial charge in [0.2, 0.25) is 5.91 Å². The van der Waals surface area contributed by atoms with Crippen LogP contribution >= 0.6 is 0 Å². The molecule has 1 amide bonds. The summed E-state index contributed by atoms with van der Waals surface area (Å²) < 4.78 is 36.9. The molecule has 0 fully saturated rings. The smallest absolute Gasteiger partial charge is 0.315 e. The van der Waals surface area contributed by atoms with Gasteiger partial charge in [0.25, 0.3) is 0 Å².